The van der Waals surface area contributed by atoms with Crippen molar-refractivity contribution in [3.05, 3.63) is 394 Å². The summed E-state index contributed by atoms with van der Waals surface area (Å²) in [6, 6.07) is 124. The van der Waals surface area contributed by atoms with E-state index in [0.717, 1.165) is 77.8 Å². The van der Waals surface area contributed by atoms with Crippen molar-refractivity contribution in [3.8, 4) is 134 Å². The summed E-state index contributed by atoms with van der Waals surface area (Å²) in [6.07, 6.45) is 0. The summed E-state index contributed by atoms with van der Waals surface area (Å²) in [4.78, 5) is 0. The quantitative estimate of drug-likeness (QED) is 0.0358. The van der Waals surface area contributed by atoms with Crippen molar-refractivity contribution in [3.63, 3.8) is 0 Å². The molecule has 15 heteroatoms. The minimum absolute atomic E-state index is 0.232. The first-order chi connectivity index (χ1) is 64.8. The Morgan fingerprint density at radius 2 is 0.481 bits per heavy atom. The zero-order valence-electron chi connectivity index (χ0n) is 78.0. The summed E-state index contributed by atoms with van der Waals surface area (Å²) < 4.78 is 44.8. The highest BCUT2D eigenvalue weighted by molar-refractivity contribution is 6.96. The molecule has 3 radical (unpaired) electrons. The SMILES string of the molecule is CCO[Si](OCC)(c1c(C)cc2c(-c3ccc(Cl)cc3)ccccc1-2)c1c(C)cc2c(-c3ccc(Cl)cc3)ccccc1-2.CCO[Si](OCC)(c1c2ccccc(-c3ccccc3)c-2cc1C(C)C)c1c2ccccc(-c3ccccc3)c-2cc1C(C)C.CCO[Si](c1ccc2c(-c3ccc(Cl)cc3)ccccc1-2)c1ccc2c(-c3ccc(Cl)cc3)ccccc1-2.CCO[Si]OCC. The van der Waals surface area contributed by atoms with Crippen LogP contribution in [0.25, 0.3) is 134 Å². The second-order valence-corrected chi connectivity index (χ2v) is 43.5. The maximum atomic E-state index is 7.23. The first-order valence-corrected chi connectivity index (χ1v) is 53.6. The van der Waals surface area contributed by atoms with Crippen molar-refractivity contribution < 1.29 is 31.0 Å². The third kappa shape index (κ3) is 20.8. The number of hydrogen-bond donors (Lipinski definition) is 0. The standard InChI is InChI=1S/C42H44O2Si.C38H34Cl2O2Si.C34H25Cl2OSi.C4H10O2Si/c1-7-43-45(44-8-2,41-35-25-17-15-23-33(31-19-11-9-12-20-31)39(35)27-37(41)29(3)4)42-36-26-18-16-24-34(32-21-13-10-14-22-32)40(36)28-38(42)30(5)6;1-5-41-43(42-6-2,37-25(3)23-35-31(11-7-9-13-33(35)37)27-15-19-29(39)20-16-27)38-26(4)24-36-32(12-8-10-14-34(36)38)28-17-21-30(40)22-18-28;1-2-37-38(33-21-19-29-27(7-3-5-9-31(29)33)23-11-15-25(35)16-12-23)34-22-20-30-28(8-4-6-10-32(30)34)24-13-17-26(36)18-14-24;1-3-5-7-6-4-2/h9-30H,7-8H2,1-6H3;7-24H,5-6H2,1-4H3;3-22H,2H2,1H3;3-4H2,1-2H3. The van der Waals surface area contributed by atoms with Gasteiger partial charge in [-0.25, -0.2) is 0 Å². The van der Waals surface area contributed by atoms with Crippen LogP contribution in [0.2, 0.25) is 20.1 Å². The lowest BCUT2D eigenvalue weighted by molar-refractivity contribution is 0.208. The zero-order chi connectivity index (χ0) is 93.3. The summed E-state index contributed by atoms with van der Waals surface area (Å²) in [5.74, 6) is 0.572. The molecule has 133 heavy (non-hydrogen) atoms. The van der Waals surface area contributed by atoms with Gasteiger partial charge in [-0.1, -0.05) is 377 Å². The van der Waals surface area contributed by atoms with Crippen LogP contribution in [-0.4, -0.2) is 82.4 Å². The van der Waals surface area contributed by atoms with Gasteiger partial charge in [-0.05, 0) is 289 Å². The van der Waals surface area contributed by atoms with Gasteiger partial charge in [0.15, 0.2) is 0 Å². The zero-order valence-corrected chi connectivity index (χ0v) is 85.0. The highest BCUT2D eigenvalue weighted by Gasteiger charge is 2.53. The first-order valence-electron chi connectivity index (χ1n) is 46.2. The van der Waals surface area contributed by atoms with Gasteiger partial charge in [0.2, 0.25) is 0 Å². The second-order valence-electron chi connectivity index (χ2n) is 33.3. The van der Waals surface area contributed by atoms with Gasteiger partial charge in [-0.15, -0.1) is 0 Å². The van der Waals surface area contributed by atoms with Crippen molar-refractivity contribution in [1.29, 1.82) is 0 Å². The van der Waals surface area contributed by atoms with Crippen molar-refractivity contribution in [1.82, 2.24) is 0 Å². The van der Waals surface area contributed by atoms with Gasteiger partial charge in [0, 0.05) is 87.1 Å². The van der Waals surface area contributed by atoms with E-state index in [0.29, 0.717) is 33.0 Å². The molecule has 12 aliphatic rings. The maximum absolute atomic E-state index is 7.23. The van der Waals surface area contributed by atoms with Crippen LogP contribution in [0.1, 0.15) is 110 Å². The van der Waals surface area contributed by atoms with E-state index in [1.165, 1.54) is 142 Å². The highest BCUT2D eigenvalue weighted by Crippen LogP contribution is 2.46. The molecule has 0 N–H and O–H groups in total. The molecular formula is C118H113Cl4O7Si4. The van der Waals surface area contributed by atoms with Gasteiger partial charge in [0.1, 0.15) is 0 Å². The average molecular weight is 1900 g/mol. The van der Waals surface area contributed by atoms with Crippen LogP contribution in [0.3, 0.4) is 0 Å². The number of hydrogen-bond acceptors (Lipinski definition) is 7. The molecule has 12 aliphatic carbocycles. The molecule has 0 aliphatic heterocycles. The molecule has 671 valence electrons. The van der Waals surface area contributed by atoms with Crippen LogP contribution in [0.15, 0.2) is 352 Å². The predicted molar refractivity (Wildman–Crippen MR) is 571 cm³/mol. The van der Waals surface area contributed by atoms with E-state index in [4.69, 9.17) is 77.4 Å². The van der Waals surface area contributed by atoms with Crippen molar-refractivity contribution >= 4 is 114 Å². The molecule has 7 nitrogen and oxygen atoms in total. The van der Waals surface area contributed by atoms with Gasteiger partial charge in [-0.3, -0.25) is 0 Å². The van der Waals surface area contributed by atoms with E-state index in [1.54, 1.807) is 0 Å². The van der Waals surface area contributed by atoms with Crippen LogP contribution in [-0.2, 0) is 31.0 Å². The molecule has 6 aromatic carbocycles. The summed E-state index contributed by atoms with van der Waals surface area (Å²) >= 11 is 24.9. The molecule has 0 spiro atoms. The molecule has 0 atom stereocenters. The maximum Gasteiger partial charge on any atom is 0.433 e. The Hall–Kier alpha value is -10.7. The highest BCUT2D eigenvalue weighted by atomic mass is 35.5. The Balaban J connectivity index is 0.000000147. The first kappa shape index (κ1) is 96.8. The second kappa shape index (κ2) is 45.1. The molecule has 0 fully saturated rings. The summed E-state index contributed by atoms with van der Waals surface area (Å²) in [5, 5.41) is 10.3. The van der Waals surface area contributed by atoms with Crippen LogP contribution in [0.5, 0.6) is 0 Å². The lowest BCUT2D eigenvalue weighted by Crippen LogP contribution is -2.65. The molecule has 6 aromatic rings. The Labute approximate surface area is 814 Å². The molecule has 0 unspecified atom stereocenters. The van der Waals surface area contributed by atoms with Gasteiger partial charge < -0.3 is 31.0 Å². The molecule has 18 rings (SSSR count). The number of aryl methyl sites for hydroxylation is 2. The fourth-order valence-corrected chi connectivity index (χ4v) is 30.4. The molecule has 0 heterocycles. The van der Waals surface area contributed by atoms with Crippen LogP contribution < -0.4 is 31.1 Å². The van der Waals surface area contributed by atoms with E-state index in [2.05, 4.69) is 379 Å². The van der Waals surface area contributed by atoms with Crippen LogP contribution in [0.4, 0.5) is 0 Å². The lowest BCUT2D eigenvalue weighted by atomic mass is 10.0. The van der Waals surface area contributed by atoms with Crippen LogP contribution >= 0.6 is 46.4 Å². The van der Waals surface area contributed by atoms with Gasteiger partial charge in [0.25, 0.3) is 9.04 Å². The molecule has 0 saturated heterocycles. The Morgan fingerprint density at radius 3 is 0.752 bits per heavy atom. The molecule has 0 saturated carbocycles. The number of fused-ring (bicyclic) bond motifs is 6. The largest absolute Gasteiger partial charge is 0.433 e. The van der Waals surface area contributed by atoms with Gasteiger partial charge in [-0.2, -0.15) is 0 Å². The minimum Gasteiger partial charge on any atom is -0.408 e. The number of rotatable bonds is 28. The lowest BCUT2D eigenvalue weighted by Gasteiger charge is -2.34. The summed E-state index contributed by atoms with van der Waals surface area (Å²) in [7, 11) is -7.84. The molecule has 0 aromatic heterocycles. The normalized spacial score (nSPS) is 11.7. The Morgan fingerprint density at radius 1 is 0.241 bits per heavy atom. The van der Waals surface area contributed by atoms with Crippen molar-refractivity contribution in [2.24, 2.45) is 0 Å². The fourth-order valence-electron chi connectivity index (χ4n) is 18.9. The van der Waals surface area contributed by atoms with Crippen LogP contribution in [0, 0.1) is 13.8 Å². The van der Waals surface area contributed by atoms with E-state index in [1.807, 2.05) is 62.4 Å². The topological polar surface area (TPSA) is 64.6 Å². The number of halogens is 4. The van der Waals surface area contributed by atoms with Crippen molar-refractivity contribution in [2.45, 2.75) is 102 Å². The summed E-state index contributed by atoms with van der Waals surface area (Å²) in [5.41, 5.74) is 33.6. The van der Waals surface area contributed by atoms with E-state index >= 15 is 0 Å². The van der Waals surface area contributed by atoms with E-state index < -0.39 is 26.2 Å². The predicted octanol–water partition coefficient (Wildman–Crippen LogP) is 29.2. The summed E-state index contributed by atoms with van der Waals surface area (Å²) in [6.45, 7) is 32.3. The number of benzene rings is 6. The Kier molecular flexibility index (Phi) is 32.8. The van der Waals surface area contributed by atoms with E-state index in [9.17, 15) is 0 Å². The molecule has 0 bridgehead atoms. The third-order valence-electron chi connectivity index (χ3n) is 24.4. The van der Waals surface area contributed by atoms with Crippen molar-refractivity contribution in [2.75, 3.05) is 46.2 Å². The Bertz CT molecular complexity index is 6270. The third-order valence-corrected chi connectivity index (χ3v) is 36.5. The van der Waals surface area contributed by atoms with Gasteiger partial charge >= 0.3 is 27.1 Å². The fraction of sp³-hybridized carbons (Fsp3) is 0.186. The van der Waals surface area contributed by atoms with Gasteiger partial charge in [0.05, 0.1) is 0 Å². The minimum atomic E-state index is -3.31. The average Bonchev–Trinajstić information content (AvgIpc) is 1.56. The smallest absolute Gasteiger partial charge is 0.408 e. The molecule has 0 amide bonds. The monoisotopic (exact) mass is 1890 g/mol. The van der Waals surface area contributed by atoms with E-state index in [-0.39, 0.29) is 21.8 Å². The molecular weight excluding hydrogens is 1780 g/mol.